The van der Waals surface area contributed by atoms with E-state index >= 15 is 0 Å². The van der Waals surface area contributed by atoms with Crippen LogP contribution in [0.4, 0.5) is 13.2 Å². The molecule has 1 aromatic carbocycles. The Morgan fingerprint density at radius 1 is 1.20 bits per heavy atom. The van der Waals surface area contributed by atoms with Crippen molar-refractivity contribution >= 4 is 41.3 Å². The molecule has 9 heteroatoms. The number of hydrogen-bond donors (Lipinski definition) is 2. The number of nitrogens with zero attached hydrogens (tertiary/aromatic N) is 2. The molecule has 0 saturated heterocycles. The van der Waals surface area contributed by atoms with E-state index in [0.29, 0.717) is 31.2 Å². The molecule has 0 aliphatic rings. The lowest BCUT2D eigenvalue weighted by Gasteiger charge is -2.10. The molecule has 138 valence electrons. The molecule has 0 radical (unpaired) electrons. The monoisotopic (exact) mass is 484 g/mol. The number of guanidine groups is 1. The molecule has 0 unspecified atom stereocenters. The van der Waals surface area contributed by atoms with Crippen LogP contribution in [0, 0.1) is 6.92 Å². The van der Waals surface area contributed by atoms with Gasteiger partial charge >= 0.3 is 6.18 Å². The third kappa shape index (κ3) is 7.18. The Labute approximate surface area is 166 Å². The summed E-state index contributed by atoms with van der Waals surface area (Å²) in [6, 6.07) is 5.03. The van der Waals surface area contributed by atoms with Crippen molar-refractivity contribution in [1.29, 1.82) is 0 Å². The van der Waals surface area contributed by atoms with Crippen LogP contribution in [0.1, 0.15) is 27.9 Å². The number of thiazole rings is 1. The summed E-state index contributed by atoms with van der Waals surface area (Å²) in [6.45, 7) is 5.48. The Balaban J connectivity index is 0.00000312. The standard InChI is InChI=1S/C16H19F3N4S.HI/c1-3-20-15(23-10-14-21-8-11(2)24-14)22-9-12-4-6-13(7-5-12)16(17,18)19;/h4-8H,3,9-10H2,1-2H3,(H2,20,22,23);1H. The zero-order valence-electron chi connectivity index (χ0n) is 13.9. The predicted molar refractivity (Wildman–Crippen MR) is 105 cm³/mol. The van der Waals surface area contributed by atoms with Gasteiger partial charge in [-0.3, -0.25) is 0 Å². The van der Waals surface area contributed by atoms with E-state index in [4.69, 9.17) is 0 Å². The fraction of sp³-hybridized carbons (Fsp3) is 0.375. The van der Waals surface area contributed by atoms with Gasteiger partial charge in [0.05, 0.1) is 18.7 Å². The van der Waals surface area contributed by atoms with Crippen LogP contribution in [0.3, 0.4) is 0 Å². The van der Waals surface area contributed by atoms with E-state index in [-0.39, 0.29) is 24.0 Å². The number of aliphatic imine (C=N–C) groups is 1. The first kappa shape index (κ1) is 21.7. The lowest BCUT2D eigenvalue weighted by Crippen LogP contribution is -2.36. The number of rotatable bonds is 5. The molecule has 2 N–H and O–H groups in total. The fourth-order valence-electron chi connectivity index (χ4n) is 1.95. The minimum Gasteiger partial charge on any atom is -0.357 e. The average molecular weight is 484 g/mol. The average Bonchev–Trinajstić information content (AvgIpc) is 2.95. The molecule has 0 bridgehead atoms. The van der Waals surface area contributed by atoms with Crippen LogP contribution in [0.2, 0.25) is 0 Å². The molecule has 0 atom stereocenters. The Morgan fingerprint density at radius 2 is 1.88 bits per heavy atom. The molecule has 1 heterocycles. The third-order valence-corrected chi connectivity index (χ3v) is 4.03. The summed E-state index contributed by atoms with van der Waals surface area (Å²) >= 11 is 1.60. The van der Waals surface area contributed by atoms with Gasteiger partial charge < -0.3 is 10.6 Å². The van der Waals surface area contributed by atoms with E-state index in [1.165, 1.54) is 12.1 Å². The molecule has 0 saturated carbocycles. The number of aromatic nitrogens is 1. The molecule has 0 amide bonds. The van der Waals surface area contributed by atoms with Crippen molar-refractivity contribution < 1.29 is 13.2 Å². The summed E-state index contributed by atoms with van der Waals surface area (Å²) < 4.78 is 37.6. The molecular weight excluding hydrogens is 464 g/mol. The molecule has 0 spiro atoms. The largest absolute Gasteiger partial charge is 0.416 e. The van der Waals surface area contributed by atoms with Crippen molar-refractivity contribution in [3.63, 3.8) is 0 Å². The topological polar surface area (TPSA) is 49.3 Å². The first-order valence-electron chi connectivity index (χ1n) is 7.48. The summed E-state index contributed by atoms with van der Waals surface area (Å²) in [5.41, 5.74) is 0.0599. The van der Waals surface area contributed by atoms with Gasteiger partial charge in [0.1, 0.15) is 5.01 Å². The van der Waals surface area contributed by atoms with Crippen LogP contribution in [-0.4, -0.2) is 17.5 Å². The summed E-state index contributed by atoms with van der Waals surface area (Å²) in [6.07, 6.45) is -2.50. The molecule has 25 heavy (non-hydrogen) atoms. The van der Waals surface area contributed by atoms with Gasteiger partial charge in [0.25, 0.3) is 0 Å². The van der Waals surface area contributed by atoms with Crippen molar-refractivity contribution in [1.82, 2.24) is 15.6 Å². The maximum absolute atomic E-state index is 12.5. The maximum Gasteiger partial charge on any atom is 0.416 e. The molecule has 0 aliphatic carbocycles. The normalized spacial score (nSPS) is 11.8. The predicted octanol–water partition coefficient (Wildman–Crippen LogP) is 4.34. The minimum atomic E-state index is -4.32. The van der Waals surface area contributed by atoms with Crippen LogP contribution < -0.4 is 10.6 Å². The molecular formula is C16H20F3IN4S. The number of hydrogen-bond acceptors (Lipinski definition) is 3. The number of halogens is 4. The highest BCUT2D eigenvalue weighted by molar-refractivity contribution is 14.0. The molecule has 0 fully saturated rings. The first-order valence-corrected chi connectivity index (χ1v) is 8.29. The van der Waals surface area contributed by atoms with Crippen molar-refractivity contribution in [2.45, 2.75) is 33.1 Å². The van der Waals surface area contributed by atoms with E-state index in [0.717, 1.165) is 22.0 Å². The smallest absolute Gasteiger partial charge is 0.357 e. The quantitative estimate of drug-likeness (QED) is 0.377. The zero-order valence-corrected chi connectivity index (χ0v) is 17.0. The van der Waals surface area contributed by atoms with E-state index in [1.54, 1.807) is 11.3 Å². The van der Waals surface area contributed by atoms with Gasteiger partial charge in [0.2, 0.25) is 0 Å². The summed E-state index contributed by atoms with van der Waals surface area (Å²) in [4.78, 5) is 9.79. The van der Waals surface area contributed by atoms with Crippen LogP contribution in [0.5, 0.6) is 0 Å². The SMILES string of the molecule is CCNC(=NCc1ccc(C(F)(F)F)cc1)NCc1ncc(C)s1.I. The van der Waals surface area contributed by atoms with Crippen molar-refractivity contribution in [2.24, 2.45) is 4.99 Å². The van der Waals surface area contributed by atoms with Crippen molar-refractivity contribution in [2.75, 3.05) is 6.54 Å². The van der Waals surface area contributed by atoms with Crippen molar-refractivity contribution in [3.8, 4) is 0 Å². The lowest BCUT2D eigenvalue weighted by molar-refractivity contribution is -0.137. The highest BCUT2D eigenvalue weighted by Gasteiger charge is 2.29. The Bertz CT molecular complexity index is 683. The number of alkyl halides is 3. The molecule has 2 rings (SSSR count). The Morgan fingerprint density at radius 3 is 2.40 bits per heavy atom. The van der Waals surface area contributed by atoms with Gasteiger partial charge in [-0.1, -0.05) is 12.1 Å². The Hall–Kier alpha value is -1.36. The zero-order chi connectivity index (χ0) is 17.6. The number of nitrogens with one attached hydrogen (secondary N) is 2. The van der Waals surface area contributed by atoms with Gasteiger partial charge in [-0.15, -0.1) is 35.3 Å². The summed E-state index contributed by atoms with van der Waals surface area (Å²) in [5.74, 6) is 0.602. The maximum atomic E-state index is 12.5. The van der Waals surface area contributed by atoms with Gasteiger partial charge in [-0.25, -0.2) is 9.98 Å². The fourth-order valence-corrected chi connectivity index (χ4v) is 2.68. The van der Waals surface area contributed by atoms with E-state index in [9.17, 15) is 13.2 Å². The number of aryl methyl sites for hydroxylation is 1. The first-order chi connectivity index (χ1) is 11.4. The van der Waals surface area contributed by atoms with Crippen LogP contribution in [-0.2, 0) is 19.3 Å². The third-order valence-electron chi connectivity index (χ3n) is 3.12. The van der Waals surface area contributed by atoms with Crippen molar-refractivity contribution in [3.05, 3.63) is 51.5 Å². The van der Waals surface area contributed by atoms with Gasteiger partial charge in [0, 0.05) is 17.6 Å². The van der Waals surface area contributed by atoms with Crippen LogP contribution in [0.25, 0.3) is 0 Å². The van der Waals surface area contributed by atoms with E-state index in [2.05, 4.69) is 20.6 Å². The highest BCUT2D eigenvalue weighted by atomic mass is 127. The van der Waals surface area contributed by atoms with E-state index in [1.807, 2.05) is 20.0 Å². The van der Waals surface area contributed by atoms with Gasteiger partial charge in [-0.05, 0) is 31.5 Å². The summed E-state index contributed by atoms with van der Waals surface area (Å²) in [7, 11) is 0. The van der Waals surface area contributed by atoms with Crippen LogP contribution in [0.15, 0.2) is 35.5 Å². The molecule has 2 aromatic rings. The minimum absolute atomic E-state index is 0. The molecule has 1 aromatic heterocycles. The second kappa shape index (κ2) is 9.95. The number of benzene rings is 1. The van der Waals surface area contributed by atoms with E-state index < -0.39 is 11.7 Å². The highest BCUT2D eigenvalue weighted by Crippen LogP contribution is 2.29. The lowest BCUT2D eigenvalue weighted by atomic mass is 10.1. The van der Waals surface area contributed by atoms with Crippen LogP contribution >= 0.6 is 35.3 Å². The molecule has 4 nitrogen and oxygen atoms in total. The Kier molecular flexibility index (Phi) is 8.63. The summed E-state index contributed by atoms with van der Waals surface area (Å²) in [5, 5.41) is 7.22. The van der Waals surface area contributed by atoms with Gasteiger partial charge in [0.15, 0.2) is 5.96 Å². The molecule has 0 aliphatic heterocycles. The second-order valence-electron chi connectivity index (χ2n) is 5.11. The van der Waals surface area contributed by atoms with Gasteiger partial charge in [-0.2, -0.15) is 13.2 Å². The second-order valence-corrected chi connectivity index (χ2v) is 6.43.